The van der Waals surface area contributed by atoms with E-state index in [1.807, 2.05) is 31.2 Å². The summed E-state index contributed by atoms with van der Waals surface area (Å²) in [5.41, 5.74) is 2.22. The number of hydrogen-bond donors (Lipinski definition) is 2. The first-order valence-corrected chi connectivity index (χ1v) is 7.36. The lowest BCUT2D eigenvalue weighted by Gasteiger charge is -2.15. The molecule has 2 aromatic rings. The third-order valence-corrected chi connectivity index (χ3v) is 3.31. The van der Waals surface area contributed by atoms with Gasteiger partial charge in [-0.15, -0.1) is 0 Å². The van der Waals surface area contributed by atoms with Crippen molar-refractivity contribution in [3.05, 3.63) is 59.7 Å². The number of anilines is 1. The van der Waals surface area contributed by atoms with Crippen LogP contribution in [-0.2, 0) is 4.79 Å². The zero-order chi connectivity index (χ0) is 16.8. The highest BCUT2D eigenvalue weighted by molar-refractivity contribution is 5.96. The zero-order valence-corrected chi connectivity index (χ0v) is 13.4. The molecule has 23 heavy (non-hydrogen) atoms. The minimum absolute atomic E-state index is 0.168. The van der Waals surface area contributed by atoms with Crippen LogP contribution in [0.5, 0.6) is 5.75 Å². The zero-order valence-electron chi connectivity index (χ0n) is 13.4. The second kappa shape index (κ2) is 7.45. The first-order valence-electron chi connectivity index (χ1n) is 7.36. The summed E-state index contributed by atoms with van der Waals surface area (Å²) in [4.78, 5) is 23.6. The van der Waals surface area contributed by atoms with Gasteiger partial charge in [-0.05, 0) is 55.8 Å². The predicted octanol–water partition coefficient (Wildman–Crippen LogP) is 2.76. The summed E-state index contributed by atoms with van der Waals surface area (Å²) in [6.45, 7) is 3.65. The fourth-order valence-corrected chi connectivity index (χ4v) is 2.04. The smallest absolute Gasteiger partial charge is 0.265 e. The van der Waals surface area contributed by atoms with E-state index in [1.54, 1.807) is 38.2 Å². The van der Waals surface area contributed by atoms with Gasteiger partial charge in [-0.2, -0.15) is 0 Å². The predicted molar refractivity (Wildman–Crippen MR) is 89.7 cm³/mol. The van der Waals surface area contributed by atoms with Crippen LogP contribution in [0.4, 0.5) is 5.69 Å². The van der Waals surface area contributed by atoms with Crippen molar-refractivity contribution in [3.63, 3.8) is 0 Å². The first kappa shape index (κ1) is 16.5. The summed E-state index contributed by atoms with van der Waals surface area (Å²) < 4.78 is 5.63. The van der Waals surface area contributed by atoms with Crippen LogP contribution in [0.3, 0.4) is 0 Å². The van der Waals surface area contributed by atoms with Gasteiger partial charge in [0.2, 0.25) is 0 Å². The highest BCUT2D eigenvalue weighted by Gasteiger charge is 2.15. The summed E-state index contributed by atoms with van der Waals surface area (Å²) in [6, 6.07) is 14.2. The van der Waals surface area contributed by atoms with Crippen molar-refractivity contribution < 1.29 is 14.3 Å². The average Bonchev–Trinajstić information content (AvgIpc) is 2.54. The van der Waals surface area contributed by atoms with Crippen LogP contribution in [0.15, 0.2) is 48.5 Å². The van der Waals surface area contributed by atoms with E-state index in [-0.39, 0.29) is 11.8 Å². The molecule has 5 heteroatoms. The van der Waals surface area contributed by atoms with Gasteiger partial charge < -0.3 is 15.4 Å². The van der Waals surface area contributed by atoms with E-state index in [1.165, 1.54) is 0 Å². The van der Waals surface area contributed by atoms with Gasteiger partial charge in [0.1, 0.15) is 5.75 Å². The minimum Gasteiger partial charge on any atom is -0.481 e. The minimum atomic E-state index is -0.629. The van der Waals surface area contributed by atoms with Gasteiger partial charge in [0.15, 0.2) is 6.10 Å². The number of nitrogens with one attached hydrogen (secondary N) is 2. The molecular formula is C18H20N2O3. The van der Waals surface area contributed by atoms with Crippen molar-refractivity contribution in [1.29, 1.82) is 0 Å². The van der Waals surface area contributed by atoms with Crippen molar-refractivity contribution in [2.45, 2.75) is 20.0 Å². The van der Waals surface area contributed by atoms with Crippen LogP contribution in [0, 0.1) is 6.92 Å². The Bertz CT molecular complexity index is 696. The molecule has 120 valence electrons. The van der Waals surface area contributed by atoms with Crippen molar-refractivity contribution >= 4 is 17.5 Å². The Labute approximate surface area is 135 Å². The Hall–Kier alpha value is -2.82. The molecule has 2 amide bonds. The number of carbonyl (C=O) groups excluding carboxylic acids is 2. The van der Waals surface area contributed by atoms with Crippen LogP contribution in [0.1, 0.15) is 22.8 Å². The molecule has 0 bridgehead atoms. The molecular weight excluding hydrogens is 292 g/mol. The van der Waals surface area contributed by atoms with Crippen LogP contribution < -0.4 is 15.4 Å². The second-order valence-electron chi connectivity index (χ2n) is 5.22. The topological polar surface area (TPSA) is 67.4 Å². The fraction of sp³-hybridized carbons (Fsp3) is 0.222. The number of carbonyl (C=O) groups is 2. The summed E-state index contributed by atoms with van der Waals surface area (Å²) in [7, 11) is 1.57. The standard InChI is InChI=1S/C18H20N2O3/c1-12-5-4-6-16(11-12)23-13(2)17(21)20-15-9-7-14(8-10-15)18(22)19-3/h4-11,13H,1-3H3,(H,19,22)(H,20,21)/t13-/m0/s1. The normalized spacial score (nSPS) is 11.4. The maximum absolute atomic E-state index is 12.2. The second-order valence-corrected chi connectivity index (χ2v) is 5.22. The Morgan fingerprint density at radius 3 is 2.39 bits per heavy atom. The molecule has 0 aliphatic rings. The quantitative estimate of drug-likeness (QED) is 0.892. The average molecular weight is 312 g/mol. The largest absolute Gasteiger partial charge is 0.481 e. The van der Waals surface area contributed by atoms with Crippen molar-refractivity contribution in [2.24, 2.45) is 0 Å². The summed E-state index contributed by atoms with van der Waals surface area (Å²) in [5.74, 6) is 0.237. The molecule has 0 saturated carbocycles. The third-order valence-electron chi connectivity index (χ3n) is 3.31. The van der Waals surface area contributed by atoms with Crippen LogP contribution in [-0.4, -0.2) is 25.0 Å². The van der Waals surface area contributed by atoms with E-state index in [0.717, 1.165) is 5.56 Å². The lowest BCUT2D eigenvalue weighted by atomic mass is 10.2. The van der Waals surface area contributed by atoms with Gasteiger partial charge in [-0.3, -0.25) is 9.59 Å². The molecule has 0 radical (unpaired) electrons. The van der Waals surface area contributed by atoms with Gasteiger partial charge in [-0.25, -0.2) is 0 Å². The van der Waals surface area contributed by atoms with Gasteiger partial charge in [0, 0.05) is 18.3 Å². The number of amides is 2. The van der Waals surface area contributed by atoms with E-state index >= 15 is 0 Å². The highest BCUT2D eigenvalue weighted by atomic mass is 16.5. The molecule has 0 fully saturated rings. The third kappa shape index (κ3) is 4.57. The van der Waals surface area contributed by atoms with E-state index < -0.39 is 6.10 Å². The van der Waals surface area contributed by atoms with E-state index in [9.17, 15) is 9.59 Å². The maximum Gasteiger partial charge on any atom is 0.265 e. The first-order chi connectivity index (χ1) is 11.0. The number of rotatable bonds is 5. The van der Waals surface area contributed by atoms with Gasteiger partial charge in [0.25, 0.3) is 11.8 Å². The molecule has 2 rings (SSSR count). The van der Waals surface area contributed by atoms with E-state index in [4.69, 9.17) is 4.74 Å². The van der Waals surface area contributed by atoms with Crippen molar-refractivity contribution in [2.75, 3.05) is 12.4 Å². The number of aryl methyl sites for hydroxylation is 1. The van der Waals surface area contributed by atoms with Crippen molar-refractivity contribution in [3.8, 4) is 5.75 Å². The van der Waals surface area contributed by atoms with Gasteiger partial charge in [0.05, 0.1) is 0 Å². The summed E-state index contributed by atoms with van der Waals surface area (Å²) in [6.07, 6.45) is -0.629. The summed E-state index contributed by atoms with van der Waals surface area (Å²) >= 11 is 0. The molecule has 2 aromatic carbocycles. The number of ether oxygens (including phenoxy) is 1. The van der Waals surface area contributed by atoms with E-state index in [0.29, 0.717) is 17.0 Å². The molecule has 0 spiro atoms. The Kier molecular flexibility index (Phi) is 5.36. The lowest BCUT2D eigenvalue weighted by molar-refractivity contribution is -0.122. The maximum atomic E-state index is 12.2. The van der Waals surface area contributed by atoms with Crippen LogP contribution in [0.2, 0.25) is 0 Å². The van der Waals surface area contributed by atoms with Crippen LogP contribution >= 0.6 is 0 Å². The molecule has 0 heterocycles. The van der Waals surface area contributed by atoms with Gasteiger partial charge in [-0.1, -0.05) is 12.1 Å². The Morgan fingerprint density at radius 2 is 1.78 bits per heavy atom. The molecule has 0 aliphatic heterocycles. The molecule has 5 nitrogen and oxygen atoms in total. The molecule has 2 N–H and O–H groups in total. The molecule has 0 unspecified atom stereocenters. The van der Waals surface area contributed by atoms with Crippen molar-refractivity contribution in [1.82, 2.24) is 5.32 Å². The Balaban J connectivity index is 1.96. The highest BCUT2D eigenvalue weighted by Crippen LogP contribution is 2.15. The molecule has 1 atom stereocenters. The molecule has 0 aromatic heterocycles. The molecule has 0 aliphatic carbocycles. The number of benzene rings is 2. The fourth-order valence-electron chi connectivity index (χ4n) is 2.04. The van der Waals surface area contributed by atoms with Crippen LogP contribution in [0.25, 0.3) is 0 Å². The van der Waals surface area contributed by atoms with E-state index in [2.05, 4.69) is 10.6 Å². The molecule has 0 saturated heterocycles. The summed E-state index contributed by atoms with van der Waals surface area (Å²) in [5, 5.41) is 5.31. The number of hydrogen-bond acceptors (Lipinski definition) is 3. The lowest BCUT2D eigenvalue weighted by Crippen LogP contribution is -2.30. The van der Waals surface area contributed by atoms with Gasteiger partial charge >= 0.3 is 0 Å². The SMILES string of the molecule is CNC(=O)c1ccc(NC(=O)[C@H](C)Oc2cccc(C)c2)cc1. The monoisotopic (exact) mass is 312 g/mol. The Morgan fingerprint density at radius 1 is 1.09 bits per heavy atom.